The van der Waals surface area contributed by atoms with Crippen LogP contribution in [0.5, 0.6) is 0 Å². The topological polar surface area (TPSA) is 75.4 Å². The maximum absolute atomic E-state index is 12.3. The highest BCUT2D eigenvalue weighted by Crippen LogP contribution is 2.28. The minimum atomic E-state index is -3.68. The highest BCUT2D eigenvalue weighted by atomic mass is 35.5. The minimum Gasteiger partial charge on any atom is -0.326 e. The third kappa shape index (κ3) is 5.09. The Balaban J connectivity index is 2.88. The molecule has 0 fully saturated rings. The molecule has 0 radical (unpaired) electrons. The molecule has 0 atom stereocenters. The average molecular weight is 354 g/mol. The molecule has 8 heteroatoms. The maximum Gasteiger partial charge on any atom is 0.242 e. The van der Waals surface area contributed by atoms with Crippen molar-refractivity contribution in [2.75, 3.05) is 20.1 Å². The van der Waals surface area contributed by atoms with E-state index in [-0.39, 0.29) is 16.5 Å². The van der Waals surface area contributed by atoms with Gasteiger partial charge in [-0.25, -0.2) is 13.1 Å². The van der Waals surface area contributed by atoms with Crippen molar-refractivity contribution in [2.24, 2.45) is 5.73 Å². The quantitative estimate of drug-likeness (QED) is 0.786. The van der Waals surface area contributed by atoms with Gasteiger partial charge < -0.3 is 10.6 Å². The van der Waals surface area contributed by atoms with Crippen molar-refractivity contribution in [1.29, 1.82) is 0 Å². The highest BCUT2D eigenvalue weighted by Gasteiger charge is 2.19. The lowest BCUT2D eigenvalue weighted by Gasteiger charge is -2.21. The number of halogens is 2. The molecule has 0 aliphatic rings. The summed E-state index contributed by atoms with van der Waals surface area (Å²) in [5, 5.41) is 0.447. The van der Waals surface area contributed by atoms with Gasteiger partial charge in [0.2, 0.25) is 10.0 Å². The second kappa shape index (κ2) is 7.76. The molecule has 1 rings (SSSR count). The number of nitrogens with zero attached hydrogens (tertiary/aromatic N) is 1. The molecule has 0 aliphatic carbocycles. The van der Waals surface area contributed by atoms with E-state index in [4.69, 9.17) is 28.9 Å². The van der Waals surface area contributed by atoms with E-state index in [0.29, 0.717) is 29.7 Å². The number of hydrogen-bond acceptors (Lipinski definition) is 4. The number of nitrogens with one attached hydrogen (secondary N) is 1. The smallest absolute Gasteiger partial charge is 0.242 e. The van der Waals surface area contributed by atoms with Gasteiger partial charge in [0.15, 0.2) is 0 Å². The lowest BCUT2D eigenvalue weighted by atomic mass is 10.2. The van der Waals surface area contributed by atoms with Crippen LogP contribution in [0.15, 0.2) is 17.0 Å². The molecule has 0 amide bonds. The molecule has 0 aliphatic heterocycles. The highest BCUT2D eigenvalue weighted by molar-refractivity contribution is 7.89. The second-order valence-electron chi connectivity index (χ2n) is 5.05. The molecule has 1 aromatic rings. The Morgan fingerprint density at radius 3 is 2.43 bits per heavy atom. The number of hydrogen-bond donors (Lipinski definition) is 2. The Labute approximate surface area is 136 Å². The largest absolute Gasteiger partial charge is 0.326 e. The standard InChI is InChI=1S/C13H21Cl2N3O2S/c1-9(2)18(3)5-4-17-21(19,20)13-6-10(8-16)11(14)7-12(13)15/h6-7,9,17H,4-5,8,16H2,1-3H3. The zero-order valence-corrected chi connectivity index (χ0v) is 14.7. The van der Waals surface area contributed by atoms with Crippen LogP contribution in [0.25, 0.3) is 0 Å². The molecule has 1 aromatic carbocycles. The van der Waals surface area contributed by atoms with Crippen molar-refractivity contribution in [3.8, 4) is 0 Å². The third-order valence-corrected chi connectivity index (χ3v) is 5.53. The molecule has 120 valence electrons. The SMILES string of the molecule is CC(C)N(C)CCNS(=O)(=O)c1cc(CN)c(Cl)cc1Cl. The van der Waals surface area contributed by atoms with Gasteiger partial charge in [0.25, 0.3) is 0 Å². The van der Waals surface area contributed by atoms with E-state index in [9.17, 15) is 8.42 Å². The first-order chi connectivity index (χ1) is 9.69. The van der Waals surface area contributed by atoms with Crippen LogP contribution < -0.4 is 10.5 Å². The number of benzene rings is 1. The van der Waals surface area contributed by atoms with Crippen LogP contribution in [0, 0.1) is 0 Å². The lowest BCUT2D eigenvalue weighted by molar-refractivity contribution is 0.278. The lowest BCUT2D eigenvalue weighted by Crippen LogP contribution is -2.36. The number of rotatable bonds is 7. The number of nitrogens with two attached hydrogens (primary N) is 1. The molecule has 0 heterocycles. The molecule has 0 aromatic heterocycles. The fourth-order valence-corrected chi connectivity index (χ4v) is 3.52. The van der Waals surface area contributed by atoms with E-state index in [1.54, 1.807) is 0 Å². The molecule has 0 bridgehead atoms. The first-order valence-electron chi connectivity index (χ1n) is 6.57. The molecule has 0 saturated carbocycles. The summed E-state index contributed by atoms with van der Waals surface area (Å²) in [4.78, 5) is 2.04. The summed E-state index contributed by atoms with van der Waals surface area (Å²) in [5.74, 6) is 0. The van der Waals surface area contributed by atoms with Gasteiger partial charge in [0.1, 0.15) is 4.90 Å². The van der Waals surface area contributed by atoms with Crippen LogP contribution in [-0.4, -0.2) is 39.5 Å². The van der Waals surface area contributed by atoms with Crippen LogP contribution in [0.1, 0.15) is 19.4 Å². The van der Waals surface area contributed by atoms with Crippen LogP contribution in [-0.2, 0) is 16.6 Å². The van der Waals surface area contributed by atoms with Gasteiger partial charge >= 0.3 is 0 Å². The predicted octanol–water partition coefficient (Wildman–Crippen LogP) is 2.07. The Kier molecular flexibility index (Phi) is 6.90. The summed E-state index contributed by atoms with van der Waals surface area (Å²) in [6.45, 7) is 5.13. The zero-order chi connectivity index (χ0) is 16.2. The van der Waals surface area contributed by atoms with Crippen LogP contribution in [0.2, 0.25) is 10.0 Å². The van der Waals surface area contributed by atoms with Crippen molar-refractivity contribution in [3.63, 3.8) is 0 Å². The summed E-state index contributed by atoms with van der Waals surface area (Å²) >= 11 is 11.9. The van der Waals surface area contributed by atoms with Crippen LogP contribution in [0.4, 0.5) is 0 Å². The van der Waals surface area contributed by atoms with Gasteiger partial charge in [-0.05, 0) is 38.6 Å². The minimum absolute atomic E-state index is 0.00113. The van der Waals surface area contributed by atoms with Crippen LogP contribution >= 0.6 is 23.2 Å². The maximum atomic E-state index is 12.3. The van der Waals surface area contributed by atoms with Crippen molar-refractivity contribution in [3.05, 3.63) is 27.7 Å². The summed E-state index contributed by atoms with van der Waals surface area (Å²) < 4.78 is 27.1. The molecule has 0 spiro atoms. The molecule has 5 nitrogen and oxygen atoms in total. The zero-order valence-electron chi connectivity index (χ0n) is 12.4. The normalized spacial score (nSPS) is 12.4. The first-order valence-corrected chi connectivity index (χ1v) is 8.81. The monoisotopic (exact) mass is 353 g/mol. The average Bonchev–Trinajstić information content (AvgIpc) is 2.38. The Morgan fingerprint density at radius 1 is 1.29 bits per heavy atom. The molecular weight excluding hydrogens is 333 g/mol. The predicted molar refractivity (Wildman–Crippen MR) is 87.3 cm³/mol. The summed E-state index contributed by atoms with van der Waals surface area (Å²) in [5.41, 5.74) is 6.08. The number of sulfonamides is 1. The van der Waals surface area contributed by atoms with Crippen molar-refractivity contribution < 1.29 is 8.42 Å². The van der Waals surface area contributed by atoms with E-state index >= 15 is 0 Å². The van der Waals surface area contributed by atoms with E-state index in [2.05, 4.69) is 4.72 Å². The molecule has 0 unspecified atom stereocenters. The van der Waals surface area contributed by atoms with Crippen LogP contribution in [0.3, 0.4) is 0 Å². The van der Waals surface area contributed by atoms with Crippen molar-refractivity contribution >= 4 is 33.2 Å². The van der Waals surface area contributed by atoms with Crippen molar-refractivity contribution in [2.45, 2.75) is 31.3 Å². The summed E-state index contributed by atoms with van der Waals surface area (Å²) in [6, 6.07) is 3.16. The second-order valence-corrected chi connectivity index (χ2v) is 7.60. The first kappa shape index (κ1) is 18.7. The van der Waals surface area contributed by atoms with Gasteiger partial charge in [-0.2, -0.15) is 0 Å². The summed E-state index contributed by atoms with van der Waals surface area (Å²) in [7, 11) is -1.75. The number of likely N-dealkylation sites (N-methyl/N-ethyl adjacent to an activating group) is 1. The molecule has 21 heavy (non-hydrogen) atoms. The van der Waals surface area contributed by atoms with Crippen molar-refractivity contribution in [1.82, 2.24) is 9.62 Å². The van der Waals surface area contributed by atoms with E-state index < -0.39 is 10.0 Å². The van der Waals surface area contributed by atoms with Gasteiger partial charge in [0, 0.05) is 30.7 Å². The van der Waals surface area contributed by atoms with E-state index in [1.807, 2.05) is 25.8 Å². The molecular formula is C13H21Cl2N3O2S. The molecule has 0 saturated heterocycles. The van der Waals surface area contributed by atoms with E-state index in [1.165, 1.54) is 12.1 Å². The van der Waals surface area contributed by atoms with Gasteiger partial charge in [-0.15, -0.1) is 0 Å². The fourth-order valence-electron chi connectivity index (χ4n) is 1.63. The Morgan fingerprint density at radius 2 is 1.90 bits per heavy atom. The molecule has 3 N–H and O–H groups in total. The van der Waals surface area contributed by atoms with Gasteiger partial charge in [-0.3, -0.25) is 0 Å². The Bertz CT molecular complexity index is 591. The third-order valence-electron chi connectivity index (χ3n) is 3.25. The van der Waals surface area contributed by atoms with Gasteiger partial charge in [-0.1, -0.05) is 23.2 Å². The fraction of sp³-hybridized carbons (Fsp3) is 0.538. The summed E-state index contributed by atoms with van der Waals surface area (Å²) in [6.07, 6.45) is 0. The van der Waals surface area contributed by atoms with E-state index in [0.717, 1.165) is 0 Å². The van der Waals surface area contributed by atoms with Gasteiger partial charge in [0.05, 0.1) is 5.02 Å². The Hall–Kier alpha value is -0.370.